The minimum absolute atomic E-state index is 0.176. The molecular weight excluding hydrogens is 384 g/mol. The van der Waals surface area contributed by atoms with Gasteiger partial charge < -0.3 is 9.32 Å². The van der Waals surface area contributed by atoms with E-state index in [4.69, 9.17) is 4.42 Å². The third-order valence-electron chi connectivity index (χ3n) is 4.74. The van der Waals surface area contributed by atoms with Gasteiger partial charge in [0.25, 0.3) is 10.0 Å². The number of thiophene rings is 1. The van der Waals surface area contributed by atoms with E-state index < -0.39 is 16.1 Å². The fourth-order valence-corrected chi connectivity index (χ4v) is 6.42. The third kappa shape index (κ3) is 3.18. The Morgan fingerprint density at radius 1 is 1.22 bits per heavy atom. The van der Waals surface area contributed by atoms with Gasteiger partial charge in [0.15, 0.2) is 0 Å². The number of nitrogens with zero attached hydrogens (tertiary/aromatic N) is 2. The van der Waals surface area contributed by atoms with Gasteiger partial charge >= 0.3 is 0 Å². The summed E-state index contributed by atoms with van der Waals surface area (Å²) in [6.07, 6.45) is 1.24. The number of hydrogen-bond donors (Lipinski definition) is 0. The minimum atomic E-state index is -3.72. The zero-order chi connectivity index (χ0) is 19.2. The number of amides is 1. The van der Waals surface area contributed by atoms with Crippen LogP contribution >= 0.6 is 11.3 Å². The van der Waals surface area contributed by atoms with Crippen LogP contribution in [0.1, 0.15) is 12.8 Å². The van der Waals surface area contributed by atoms with E-state index >= 15 is 0 Å². The van der Waals surface area contributed by atoms with Crippen molar-refractivity contribution in [3.05, 3.63) is 42.5 Å². The molecular formula is C19H20N2O4S2. The van der Waals surface area contributed by atoms with E-state index in [1.165, 1.54) is 20.5 Å². The van der Waals surface area contributed by atoms with Crippen molar-refractivity contribution in [3.63, 3.8) is 0 Å². The van der Waals surface area contributed by atoms with E-state index in [9.17, 15) is 13.2 Å². The highest BCUT2D eigenvalue weighted by Gasteiger charge is 2.40. The van der Waals surface area contributed by atoms with Crippen molar-refractivity contribution >= 4 is 38.2 Å². The van der Waals surface area contributed by atoms with E-state index in [-0.39, 0.29) is 10.1 Å². The molecule has 1 aliphatic rings. The normalized spacial score (nSPS) is 18.2. The quantitative estimate of drug-likeness (QED) is 0.668. The summed E-state index contributed by atoms with van der Waals surface area (Å²) in [5.41, 5.74) is 0.765. The average Bonchev–Trinajstić information content (AvgIpc) is 3.38. The summed E-state index contributed by atoms with van der Waals surface area (Å²) in [6, 6.07) is 12.3. The number of rotatable bonds is 4. The van der Waals surface area contributed by atoms with Crippen LogP contribution < -0.4 is 0 Å². The van der Waals surface area contributed by atoms with E-state index in [0.29, 0.717) is 25.1 Å². The topological polar surface area (TPSA) is 70.8 Å². The van der Waals surface area contributed by atoms with Crippen LogP contribution in [0.3, 0.4) is 0 Å². The highest BCUT2D eigenvalue weighted by Crippen LogP contribution is 2.37. The van der Waals surface area contributed by atoms with E-state index in [2.05, 4.69) is 0 Å². The van der Waals surface area contributed by atoms with Gasteiger partial charge in [0.05, 0.1) is 4.88 Å². The molecule has 0 bridgehead atoms. The number of hydrogen-bond acceptors (Lipinski definition) is 5. The van der Waals surface area contributed by atoms with E-state index in [1.54, 1.807) is 26.2 Å². The number of carbonyl (C=O) groups excluding carboxylic acids is 1. The summed E-state index contributed by atoms with van der Waals surface area (Å²) in [4.78, 5) is 14.6. The van der Waals surface area contributed by atoms with Gasteiger partial charge in [-0.05, 0) is 37.1 Å². The first-order valence-electron chi connectivity index (χ1n) is 8.70. The molecule has 0 saturated carbocycles. The first kappa shape index (κ1) is 18.2. The van der Waals surface area contributed by atoms with Gasteiger partial charge in [-0.3, -0.25) is 4.79 Å². The van der Waals surface area contributed by atoms with Gasteiger partial charge in [-0.15, -0.1) is 11.3 Å². The number of fused-ring (bicyclic) bond motifs is 1. The molecule has 0 spiro atoms. The number of carbonyl (C=O) groups is 1. The Balaban J connectivity index is 1.66. The maximum absolute atomic E-state index is 13.1. The Morgan fingerprint density at radius 3 is 2.74 bits per heavy atom. The monoisotopic (exact) mass is 404 g/mol. The fraction of sp³-hybridized carbons (Fsp3) is 0.316. The number of likely N-dealkylation sites (N-methyl/N-ethyl adjacent to an activating group) is 1. The molecule has 1 fully saturated rings. The van der Waals surface area contributed by atoms with Crippen molar-refractivity contribution in [1.82, 2.24) is 9.21 Å². The highest BCUT2D eigenvalue weighted by molar-refractivity contribution is 7.91. The number of para-hydroxylation sites is 1. The SMILES string of the molecule is CN(C)C(=O)[C@@H]1CCCN1S(=O)(=O)c1ccc(-c2cc3ccccc3o2)s1. The summed E-state index contributed by atoms with van der Waals surface area (Å²) in [6.45, 7) is 0.366. The number of furan rings is 1. The molecule has 142 valence electrons. The van der Waals surface area contributed by atoms with E-state index in [1.807, 2.05) is 30.3 Å². The highest BCUT2D eigenvalue weighted by atomic mass is 32.2. The van der Waals surface area contributed by atoms with Crippen molar-refractivity contribution in [2.24, 2.45) is 0 Å². The first-order chi connectivity index (χ1) is 12.9. The predicted octanol–water partition coefficient (Wildman–Crippen LogP) is 3.40. The molecule has 2 aromatic heterocycles. The molecule has 27 heavy (non-hydrogen) atoms. The molecule has 1 atom stereocenters. The smallest absolute Gasteiger partial charge is 0.253 e. The van der Waals surface area contributed by atoms with Crippen molar-refractivity contribution in [1.29, 1.82) is 0 Å². The Kier molecular flexibility index (Phi) is 4.57. The lowest BCUT2D eigenvalue weighted by Crippen LogP contribution is -2.45. The van der Waals surface area contributed by atoms with Crippen molar-refractivity contribution in [2.45, 2.75) is 23.1 Å². The largest absolute Gasteiger partial charge is 0.455 e. The molecule has 1 amide bonds. The number of sulfonamides is 1. The standard InChI is InChI=1S/C19H20N2O4S2/c1-20(2)19(22)14-7-5-11-21(14)27(23,24)18-10-9-17(26-18)16-12-13-6-3-4-8-15(13)25-16/h3-4,6,8-10,12,14H,5,7,11H2,1-2H3/t14-/m0/s1. The Labute approximate surface area is 162 Å². The second-order valence-corrected chi connectivity index (χ2v) is 9.97. The third-order valence-corrected chi connectivity index (χ3v) is 8.22. The summed E-state index contributed by atoms with van der Waals surface area (Å²) in [5.74, 6) is 0.468. The van der Waals surface area contributed by atoms with Gasteiger partial charge in [0, 0.05) is 26.0 Å². The Morgan fingerprint density at radius 2 is 2.00 bits per heavy atom. The van der Waals surface area contributed by atoms with Gasteiger partial charge in [-0.25, -0.2) is 8.42 Å². The van der Waals surface area contributed by atoms with Gasteiger partial charge in [0.1, 0.15) is 21.6 Å². The maximum atomic E-state index is 13.1. The molecule has 3 aromatic rings. The lowest BCUT2D eigenvalue weighted by molar-refractivity contribution is -0.132. The van der Waals surface area contributed by atoms with Crippen molar-refractivity contribution < 1.29 is 17.6 Å². The molecule has 0 unspecified atom stereocenters. The summed E-state index contributed by atoms with van der Waals surface area (Å²) in [7, 11) is -0.423. The van der Waals surface area contributed by atoms with Crippen LogP contribution in [0.4, 0.5) is 0 Å². The minimum Gasteiger partial charge on any atom is -0.455 e. The Bertz CT molecular complexity index is 1060. The zero-order valence-corrected chi connectivity index (χ0v) is 16.7. The van der Waals surface area contributed by atoms with Crippen LogP contribution in [-0.4, -0.2) is 50.2 Å². The zero-order valence-electron chi connectivity index (χ0n) is 15.1. The van der Waals surface area contributed by atoms with Gasteiger partial charge in [-0.2, -0.15) is 4.31 Å². The molecule has 0 radical (unpaired) electrons. The molecule has 0 aliphatic carbocycles. The molecule has 1 saturated heterocycles. The second-order valence-electron chi connectivity index (χ2n) is 6.77. The fourth-order valence-electron chi connectivity index (χ4n) is 3.38. The van der Waals surface area contributed by atoms with Crippen LogP contribution in [0.2, 0.25) is 0 Å². The van der Waals surface area contributed by atoms with Crippen LogP contribution in [0.15, 0.2) is 51.1 Å². The number of benzene rings is 1. The summed E-state index contributed by atoms with van der Waals surface area (Å²) >= 11 is 1.17. The molecule has 8 heteroatoms. The van der Waals surface area contributed by atoms with E-state index in [0.717, 1.165) is 15.8 Å². The lowest BCUT2D eigenvalue weighted by atomic mass is 10.2. The predicted molar refractivity (Wildman–Crippen MR) is 105 cm³/mol. The molecule has 4 rings (SSSR count). The molecule has 1 aliphatic heterocycles. The maximum Gasteiger partial charge on any atom is 0.253 e. The van der Waals surface area contributed by atoms with Crippen LogP contribution in [0.25, 0.3) is 21.6 Å². The summed E-state index contributed by atoms with van der Waals surface area (Å²) < 4.78 is 33.7. The average molecular weight is 405 g/mol. The first-order valence-corrected chi connectivity index (χ1v) is 11.0. The molecule has 0 N–H and O–H groups in total. The van der Waals surface area contributed by atoms with Crippen molar-refractivity contribution in [2.75, 3.05) is 20.6 Å². The van der Waals surface area contributed by atoms with Crippen molar-refractivity contribution in [3.8, 4) is 10.6 Å². The molecule has 1 aromatic carbocycles. The second kappa shape index (κ2) is 6.78. The molecule has 3 heterocycles. The molecule has 6 nitrogen and oxygen atoms in total. The lowest BCUT2D eigenvalue weighted by Gasteiger charge is -2.24. The van der Waals surface area contributed by atoms with Gasteiger partial charge in [-0.1, -0.05) is 18.2 Å². The Hall–Kier alpha value is -2.16. The van der Waals surface area contributed by atoms with Crippen LogP contribution in [0, 0.1) is 0 Å². The van der Waals surface area contributed by atoms with Crippen LogP contribution in [-0.2, 0) is 14.8 Å². The van der Waals surface area contributed by atoms with Crippen LogP contribution in [0.5, 0.6) is 0 Å². The van der Waals surface area contributed by atoms with Gasteiger partial charge in [0.2, 0.25) is 5.91 Å². The summed E-state index contributed by atoms with van der Waals surface area (Å²) in [5, 5.41) is 0.974.